The molecule has 1 heterocycles. The molecule has 0 unspecified atom stereocenters. The SMILES string of the molecule is CCC(CC)(CC)NCc1cc2c(cc1Br)OCO2. The molecule has 1 aliphatic heterocycles. The van der Waals surface area contributed by atoms with Gasteiger partial charge in [0, 0.05) is 16.6 Å². The summed E-state index contributed by atoms with van der Waals surface area (Å²) >= 11 is 3.61. The number of ether oxygens (including phenoxy) is 2. The zero-order valence-electron chi connectivity index (χ0n) is 11.9. The van der Waals surface area contributed by atoms with E-state index >= 15 is 0 Å². The van der Waals surface area contributed by atoms with Crippen LogP contribution in [0.15, 0.2) is 16.6 Å². The Kier molecular flexibility index (Phi) is 4.74. The molecular formula is C15H22BrNO2. The highest BCUT2D eigenvalue weighted by molar-refractivity contribution is 9.10. The highest BCUT2D eigenvalue weighted by atomic mass is 79.9. The molecule has 1 aromatic rings. The summed E-state index contributed by atoms with van der Waals surface area (Å²) in [6.07, 6.45) is 3.42. The third-order valence-corrected chi connectivity index (χ3v) is 4.96. The summed E-state index contributed by atoms with van der Waals surface area (Å²) in [4.78, 5) is 0. The largest absolute Gasteiger partial charge is 0.454 e. The normalized spacial score (nSPS) is 13.9. The molecule has 19 heavy (non-hydrogen) atoms. The van der Waals surface area contributed by atoms with Crippen LogP contribution in [0.1, 0.15) is 45.6 Å². The first-order chi connectivity index (χ1) is 9.14. The van der Waals surface area contributed by atoms with E-state index in [2.05, 4.69) is 48.1 Å². The van der Waals surface area contributed by atoms with Crippen LogP contribution in [0, 0.1) is 0 Å². The van der Waals surface area contributed by atoms with Crippen LogP contribution < -0.4 is 14.8 Å². The van der Waals surface area contributed by atoms with Crippen LogP contribution in [0.2, 0.25) is 0 Å². The van der Waals surface area contributed by atoms with Gasteiger partial charge in [0.25, 0.3) is 0 Å². The van der Waals surface area contributed by atoms with Crippen LogP contribution in [0.25, 0.3) is 0 Å². The van der Waals surface area contributed by atoms with E-state index in [4.69, 9.17) is 9.47 Å². The Hall–Kier alpha value is -0.740. The molecule has 0 bridgehead atoms. The van der Waals surface area contributed by atoms with Crippen LogP contribution in [0.4, 0.5) is 0 Å². The Bertz CT molecular complexity index is 436. The van der Waals surface area contributed by atoms with Gasteiger partial charge in [-0.2, -0.15) is 0 Å². The number of hydrogen-bond donors (Lipinski definition) is 1. The van der Waals surface area contributed by atoms with E-state index in [-0.39, 0.29) is 5.54 Å². The van der Waals surface area contributed by atoms with E-state index in [0.717, 1.165) is 41.8 Å². The molecule has 0 aromatic heterocycles. The predicted molar refractivity (Wildman–Crippen MR) is 80.7 cm³/mol. The van der Waals surface area contributed by atoms with Gasteiger partial charge in [-0.3, -0.25) is 0 Å². The molecule has 0 aliphatic carbocycles. The van der Waals surface area contributed by atoms with Crippen molar-refractivity contribution in [1.82, 2.24) is 5.32 Å². The van der Waals surface area contributed by atoms with Gasteiger partial charge in [0.1, 0.15) is 0 Å². The lowest BCUT2D eigenvalue weighted by Crippen LogP contribution is -2.43. The Morgan fingerprint density at radius 3 is 2.26 bits per heavy atom. The Morgan fingerprint density at radius 1 is 1.11 bits per heavy atom. The van der Waals surface area contributed by atoms with Gasteiger partial charge < -0.3 is 14.8 Å². The minimum Gasteiger partial charge on any atom is -0.454 e. The van der Waals surface area contributed by atoms with Crippen molar-refractivity contribution in [3.05, 3.63) is 22.2 Å². The first-order valence-electron chi connectivity index (χ1n) is 6.97. The fraction of sp³-hybridized carbons (Fsp3) is 0.600. The van der Waals surface area contributed by atoms with Crippen molar-refractivity contribution in [1.29, 1.82) is 0 Å². The van der Waals surface area contributed by atoms with Crippen molar-refractivity contribution in [2.45, 2.75) is 52.1 Å². The fourth-order valence-corrected chi connectivity index (χ4v) is 2.97. The van der Waals surface area contributed by atoms with E-state index in [1.807, 2.05) is 6.07 Å². The third kappa shape index (κ3) is 3.06. The molecule has 0 radical (unpaired) electrons. The van der Waals surface area contributed by atoms with Crippen LogP contribution in [-0.2, 0) is 6.54 Å². The minimum absolute atomic E-state index is 0.232. The molecule has 0 saturated heterocycles. The van der Waals surface area contributed by atoms with E-state index < -0.39 is 0 Å². The topological polar surface area (TPSA) is 30.5 Å². The molecule has 1 aliphatic rings. The molecule has 0 amide bonds. The fourth-order valence-electron chi connectivity index (χ4n) is 2.50. The summed E-state index contributed by atoms with van der Waals surface area (Å²) in [5.74, 6) is 1.67. The summed E-state index contributed by atoms with van der Waals surface area (Å²) in [6.45, 7) is 7.90. The second kappa shape index (κ2) is 6.14. The van der Waals surface area contributed by atoms with Crippen molar-refractivity contribution in [3.63, 3.8) is 0 Å². The van der Waals surface area contributed by atoms with E-state index in [1.165, 1.54) is 5.56 Å². The smallest absolute Gasteiger partial charge is 0.231 e. The van der Waals surface area contributed by atoms with E-state index in [0.29, 0.717) is 6.79 Å². The number of halogens is 1. The second-order valence-electron chi connectivity index (χ2n) is 4.99. The monoisotopic (exact) mass is 327 g/mol. The van der Waals surface area contributed by atoms with Gasteiger partial charge in [-0.25, -0.2) is 0 Å². The summed E-state index contributed by atoms with van der Waals surface area (Å²) < 4.78 is 11.9. The maximum absolute atomic E-state index is 5.43. The quantitative estimate of drug-likeness (QED) is 0.847. The zero-order valence-corrected chi connectivity index (χ0v) is 13.5. The molecule has 0 fully saturated rings. The molecule has 1 aromatic carbocycles. The third-order valence-electron chi connectivity index (χ3n) is 4.23. The molecule has 106 valence electrons. The van der Waals surface area contributed by atoms with Gasteiger partial charge >= 0.3 is 0 Å². The molecular weight excluding hydrogens is 306 g/mol. The molecule has 0 atom stereocenters. The van der Waals surface area contributed by atoms with Crippen molar-refractivity contribution in [2.75, 3.05) is 6.79 Å². The summed E-state index contributed by atoms with van der Waals surface area (Å²) in [5, 5.41) is 3.70. The molecule has 2 rings (SSSR count). The first-order valence-corrected chi connectivity index (χ1v) is 7.76. The maximum Gasteiger partial charge on any atom is 0.231 e. The number of benzene rings is 1. The molecule has 1 N–H and O–H groups in total. The van der Waals surface area contributed by atoms with Crippen molar-refractivity contribution in [2.24, 2.45) is 0 Å². The van der Waals surface area contributed by atoms with Crippen LogP contribution in [0.5, 0.6) is 11.5 Å². The van der Waals surface area contributed by atoms with Gasteiger partial charge in [-0.05, 0) is 37.0 Å². The Balaban J connectivity index is 2.11. The number of hydrogen-bond acceptors (Lipinski definition) is 3. The Morgan fingerprint density at radius 2 is 1.68 bits per heavy atom. The molecule has 4 heteroatoms. The number of nitrogens with one attached hydrogen (secondary N) is 1. The van der Waals surface area contributed by atoms with Gasteiger partial charge in [-0.1, -0.05) is 36.7 Å². The summed E-state index contributed by atoms with van der Waals surface area (Å²) in [7, 11) is 0. The van der Waals surface area contributed by atoms with Gasteiger partial charge in [0.15, 0.2) is 11.5 Å². The van der Waals surface area contributed by atoms with Crippen molar-refractivity contribution in [3.8, 4) is 11.5 Å². The molecule has 0 spiro atoms. The van der Waals surface area contributed by atoms with Crippen molar-refractivity contribution >= 4 is 15.9 Å². The van der Waals surface area contributed by atoms with Gasteiger partial charge in [-0.15, -0.1) is 0 Å². The highest BCUT2D eigenvalue weighted by Crippen LogP contribution is 2.37. The standard InChI is InChI=1S/C15H22BrNO2/c1-4-15(5-2,6-3)17-9-11-7-13-14(8-12(11)16)19-10-18-13/h7-8,17H,4-6,9-10H2,1-3H3. The summed E-state index contributed by atoms with van der Waals surface area (Å²) in [6, 6.07) is 4.05. The predicted octanol–water partition coefficient (Wildman–Crippen LogP) is 4.24. The first kappa shape index (κ1) is 14.7. The molecule has 0 saturated carbocycles. The lowest BCUT2D eigenvalue weighted by Gasteiger charge is -2.32. The number of rotatable bonds is 6. The summed E-state index contributed by atoms with van der Waals surface area (Å²) in [5.41, 5.74) is 1.44. The van der Waals surface area contributed by atoms with Gasteiger partial charge in [0.2, 0.25) is 6.79 Å². The molecule has 3 nitrogen and oxygen atoms in total. The van der Waals surface area contributed by atoms with Crippen LogP contribution in [0.3, 0.4) is 0 Å². The maximum atomic E-state index is 5.43. The van der Waals surface area contributed by atoms with E-state index in [1.54, 1.807) is 0 Å². The zero-order chi connectivity index (χ0) is 13.9. The average Bonchev–Trinajstić information content (AvgIpc) is 2.88. The minimum atomic E-state index is 0.232. The average molecular weight is 328 g/mol. The van der Waals surface area contributed by atoms with Crippen molar-refractivity contribution < 1.29 is 9.47 Å². The second-order valence-corrected chi connectivity index (χ2v) is 5.85. The highest BCUT2D eigenvalue weighted by Gasteiger charge is 2.24. The van der Waals surface area contributed by atoms with Crippen LogP contribution >= 0.6 is 15.9 Å². The van der Waals surface area contributed by atoms with E-state index in [9.17, 15) is 0 Å². The lowest BCUT2D eigenvalue weighted by atomic mass is 9.89. The number of fused-ring (bicyclic) bond motifs is 1. The van der Waals surface area contributed by atoms with Gasteiger partial charge in [0.05, 0.1) is 0 Å². The lowest BCUT2D eigenvalue weighted by molar-refractivity contribution is 0.174. The Labute approximate surface area is 123 Å². The van der Waals surface area contributed by atoms with Crippen LogP contribution in [-0.4, -0.2) is 12.3 Å².